The highest BCUT2D eigenvalue weighted by Gasteiger charge is 2.08. The van der Waals surface area contributed by atoms with Crippen molar-refractivity contribution in [3.05, 3.63) is 41.5 Å². The Balaban J connectivity index is 3.20. The molecule has 15 heavy (non-hydrogen) atoms. The quantitative estimate of drug-likeness (QED) is 0.607. The number of phenolic OH excluding ortho intramolecular Hbond substituents is 1. The highest BCUT2D eigenvalue weighted by atomic mass is 16.3. The first kappa shape index (κ1) is 11.2. The number of benzene rings is 1. The second kappa shape index (κ2) is 4.55. The normalized spacial score (nSPS) is 10.5. The molecule has 1 aromatic carbocycles. The molecule has 0 radical (unpaired) electrons. The Bertz CT molecular complexity index is 430. The summed E-state index contributed by atoms with van der Waals surface area (Å²) in [5.41, 5.74) is 0.654. The van der Waals surface area contributed by atoms with Gasteiger partial charge in [0.2, 0.25) is 0 Å². The van der Waals surface area contributed by atoms with Crippen LogP contribution >= 0.6 is 0 Å². The predicted molar refractivity (Wildman–Crippen MR) is 57.3 cm³/mol. The minimum Gasteiger partial charge on any atom is -0.508 e. The number of rotatable bonds is 3. The van der Waals surface area contributed by atoms with E-state index in [9.17, 15) is 14.7 Å². The lowest BCUT2D eigenvalue weighted by Gasteiger charge is -2.01. The topological polar surface area (TPSA) is 54.4 Å². The first-order valence-corrected chi connectivity index (χ1v) is 4.56. The summed E-state index contributed by atoms with van der Waals surface area (Å²) in [6, 6.07) is 4.16. The Hall–Kier alpha value is -1.90. The molecule has 0 aliphatic rings. The van der Waals surface area contributed by atoms with Crippen LogP contribution in [-0.4, -0.2) is 16.7 Å². The zero-order valence-corrected chi connectivity index (χ0v) is 8.65. The Morgan fingerprint density at radius 1 is 1.20 bits per heavy atom. The van der Waals surface area contributed by atoms with Gasteiger partial charge in [-0.2, -0.15) is 0 Å². The molecular formula is C12H12O3. The molecule has 78 valence electrons. The van der Waals surface area contributed by atoms with E-state index in [1.165, 1.54) is 31.2 Å². The molecule has 0 heterocycles. The molecule has 0 aliphatic carbocycles. The summed E-state index contributed by atoms with van der Waals surface area (Å²) in [4.78, 5) is 22.6. The van der Waals surface area contributed by atoms with E-state index in [2.05, 4.69) is 0 Å². The summed E-state index contributed by atoms with van der Waals surface area (Å²) in [6.45, 7) is 3.12. The van der Waals surface area contributed by atoms with E-state index in [0.717, 1.165) is 0 Å². The van der Waals surface area contributed by atoms with Crippen molar-refractivity contribution in [3.63, 3.8) is 0 Å². The third-order valence-electron chi connectivity index (χ3n) is 1.93. The maximum absolute atomic E-state index is 11.5. The zero-order chi connectivity index (χ0) is 11.4. The van der Waals surface area contributed by atoms with Gasteiger partial charge in [-0.05, 0) is 38.1 Å². The average molecular weight is 204 g/mol. The molecule has 0 fully saturated rings. The molecule has 0 amide bonds. The van der Waals surface area contributed by atoms with Crippen molar-refractivity contribution >= 4 is 11.6 Å². The molecular weight excluding hydrogens is 192 g/mol. The van der Waals surface area contributed by atoms with Crippen molar-refractivity contribution in [3.8, 4) is 5.75 Å². The average Bonchev–Trinajstić information content (AvgIpc) is 2.17. The van der Waals surface area contributed by atoms with Gasteiger partial charge >= 0.3 is 0 Å². The van der Waals surface area contributed by atoms with Crippen molar-refractivity contribution in [1.82, 2.24) is 0 Å². The molecule has 0 bridgehead atoms. The van der Waals surface area contributed by atoms with Crippen LogP contribution in [-0.2, 0) is 0 Å². The highest BCUT2D eigenvalue weighted by Crippen LogP contribution is 2.17. The maximum atomic E-state index is 11.5. The van der Waals surface area contributed by atoms with E-state index in [-0.39, 0.29) is 17.3 Å². The Labute approximate surface area is 88.0 Å². The third-order valence-corrected chi connectivity index (χ3v) is 1.93. The molecule has 3 nitrogen and oxygen atoms in total. The summed E-state index contributed by atoms with van der Waals surface area (Å²) in [7, 11) is 0. The van der Waals surface area contributed by atoms with Crippen LogP contribution in [0.4, 0.5) is 0 Å². The van der Waals surface area contributed by atoms with Gasteiger partial charge in [-0.1, -0.05) is 6.08 Å². The first-order valence-electron chi connectivity index (χ1n) is 4.56. The molecule has 0 aliphatic heterocycles. The zero-order valence-electron chi connectivity index (χ0n) is 8.65. The predicted octanol–water partition coefficient (Wildman–Crippen LogP) is 2.35. The maximum Gasteiger partial charge on any atom is 0.185 e. The minimum absolute atomic E-state index is 0.0736. The van der Waals surface area contributed by atoms with E-state index < -0.39 is 0 Å². The van der Waals surface area contributed by atoms with Crippen LogP contribution in [0.25, 0.3) is 0 Å². The lowest BCUT2D eigenvalue weighted by molar-refractivity contribution is 0.101. The van der Waals surface area contributed by atoms with Crippen molar-refractivity contribution in [2.24, 2.45) is 0 Å². The van der Waals surface area contributed by atoms with E-state index in [1.54, 1.807) is 13.0 Å². The van der Waals surface area contributed by atoms with Gasteiger partial charge in [0.25, 0.3) is 0 Å². The summed E-state index contributed by atoms with van der Waals surface area (Å²) in [6.07, 6.45) is 3.00. The highest BCUT2D eigenvalue weighted by molar-refractivity contribution is 6.06. The monoisotopic (exact) mass is 204 g/mol. The van der Waals surface area contributed by atoms with Gasteiger partial charge in [-0.15, -0.1) is 0 Å². The van der Waals surface area contributed by atoms with Crippen molar-refractivity contribution in [2.45, 2.75) is 13.8 Å². The van der Waals surface area contributed by atoms with Crippen LogP contribution in [0.2, 0.25) is 0 Å². The molecule has 1 N–H and O–H groups in total. The number of phenols is 1. The second-order valence-electron chi connectivity index (χ2n) is 3.19. The van der Waals surface area contributed by atoms with Gasteiger partial charge in [0.1, 0.15) is 5.75 Å². The number of ketones is 2. The molecule has 1 aromatic rings. The lowest BCUT2D eigenvalue weighted by Crippen LogP contribution is -1.98. The first-order chi connectivity index (χ1) is 7.04. The molecule has 0 saturated carbocycles. The molecule has 0 aromatic heterocycles. The lowest BCUT2D eigenvalue weighted by atomic mass is 10.0. The molecule has 3 heteroatoms. The minimum atomic E-state index is -0.226. The fraction of sp³-hybridized carbons (Fsp3) is 0.167. The van der Waals surface area contributed by atoms with E-state index in [0.29, 0.717) is 11.1 Å². The molecule has 0 atom stereocenters. The summed E-state index contributed by atoms with van der Waals surface area (Å²) < 4.78 is 0. The van der Waals surface area contributed by atoms with Crippen LogP contribution in [0, 0.1) is 0 Å². The van der Waals surface area contributed by atoms with Crippen molar-refractivity contribution < 1.29 is 14.7 Å². The fourth-order valence-corrected chi connectivity index (χ4v) is 1.20. The largest absolute Gasteiger partial charge is 0.508 e. The molecule has 1 rings (SSSR count). The SMILES string of the molecule is C/C=C/C(=O)c1cc(O)cc(C(C)=O)c1. The molecule has 0 spiro atoms. The van der Waals surface area contributed by atoms with Crippen LogP contribution in [0.15, 0.2) is 30.4 Å². The Morgan fingerprint density at radius 2 is 1.80 bits per heavy atom. The van der Waals surface area contributed by atoms with Gasteiger partial charge < -0.3 is 5.11 Å². The van der Waals surface area contributed by atoms with E-state index in [1.807, 2.05) is 0 Å². The van der Waals surface area contributed by atoms with Crippen LogP contribution in [0.5, 0.6) is 5.75 Å². The van der Waals surface area contributed by atoms with E-state index >= 15 is 0 Å². The molecule has 0 saturated heterocycles. The summed E-state index contributed by atoms with van der Waals surface area (Å²) in [5.74, 6) is -0.480. The number of allylic oxidation sites excluding steroid dienone is 2. The standard InChI is InChI=1S/C12H12O3/c1-3-4-12(15)10-5-9(8(2)13)6-11(14)7-10/h3-7,14H,1-2H3/b4-3+. The number of hydrogen-bond donors (Lipinski definition) is 1. The summed E-state index contributed by atoms with van der Waals surface area (Å²) in [5, 5.41) is 9.33. The third kappa shape index (κ3) is 2.77. The van der Waals surface area contributed by atoms with Crippen LogP contribution in [0.3, 0.4) is 0 Å². The Morgan fingerprint density at radius 3 is 2.33 bits per heavy atom. The van der Waals surface area contributed by atoms with Crippen LogP contribution < -0.4 is 0 Å². The van der Waals surface area contributed by atoms with Crippen LogP contribution in [0.1, 0.15) is 34.6 Å². The van der Waals surface area contributed by atoms with Gasteiger partial charge in [0.05, 0.1) is 0 Å². The number of hydrogen-bond acceptors (Lipinski definition) is 3. The van der Waals surface area contributed by atoms with Crippen molar-refractivity contribution in [2.75, 3.05) is 0 Å². The second-order valence-corrected chi connectivity index (χ2v) is 3.19. The smallest absolute Gasteiger partial charge is 0.185 e. The number of carbonyl (C=O) groups is 2. The van der Waals surface area contributed by atoms with E-state index in [4.69, 9.17) is 0 Å². The number of aromatic hydroxyl groups is 1. The van der Waals surface area contributed by atoms with Gasteiger partial charge in [0.15, 0.2) is 11.6 Å². The molecule has 0 unspecified atom stereocenters. The van der Waals surface area contributed by atoms with Crippen molar-refractivity contribution in [1.29, 1.82) is 0 Å². The van der Waals surface area contributed by atoms with Gasteiger partial charge in [0, 0.05) is 11.1 Å². The summed E-state index contributed by atoms with van der Waals surface area (Å²) >= 11 is 0. The Kier molecular flexibility index (Phi) is 3.39. The number of carbonyl (C=O) groups excluding carboxylic acids is 2. The number of Topliss-reactive ketones (excluding diaryl/α,β-unsaturated/α-hetero) is 1. The fourth-order valence-electron chi connectivity index (χ4n) is 1.20. The van der Waals surface area contributed by atoms with Gasteiger partial charge in [-0.25, -0.2) is 0 Å². The van der Waals surface area contributed by atoms with Gasteiger partial charge in [-0.3, -0.25) is 9.59 Å².